The van der Waals surface area contributed by atoms with Gasteiger partial charge in [-0.15, -0.1) is 24.0 Å². The van der Waals surface area contributed by atoms with Crippen LogP contribution in [0.15, 0.2) is 23.2 Å². The van der Waals surface area contributed by atoms with Crippen LogP contribution in [0.3, 0.4) is 0 Å². The highest BCUT2D eigenvalue weighted by Crippen LogP contribution is 2.38. The van der Waals surface area contributed by atoms with Crippen molar-refractivity contribution >= 4 is 39.8 Å². The number of phenols is 1. The number of guanidine groups is 1. The number of phenolic OH excluding ortho intramolecular Hbond substituents is 1. The molecule has 1 aromatic rings. The molecule has 0 atom stereocenters. The molecular formula is C19H29FIN3O3S. The first kappa shape index (κ1) is 23.2. The van der Waals surface area contributed by atoms with Gasteiger partial charge in [-0.25, -0.2) is 17.8 Å². The number of nitrogens with one attached hydrogen (secondary N) is 1. The Morgan fingerprint density at radius 2 is 2.04 bits per heavy atom. The van der Waals surface area contributed by atoms with Crippen LogP contribution in [0.5, 0.6) is 5.75 Å². The van der Waals surface area contributed by atoms with Crippen LogP contribution in [0.2, 0.25) is 0 Å². The average molecular weight is 525 g/mol. The molecule has 1 aromatic carbocycles. The lowest BCUT2D eigenvalue weighted by molar-refractivity contribution is 0.274. The number of hydrogen-bond donors (Lipinski definition) is 2. The molecular weight excluding hydrogens is 496 g/mol. The van der Waals surface area contributed by atoms with Crippen molar-refractivity contribution in [1.82, 2.24) is 10.2 Å². The second-order valence-electron chi connectivity index (χ2n) is 7.44. The molecule has 2 N–H and O–H groups in total. The first-order chi connectivity index (χ1) is 12.9. The van der Waals surface area contributed by atoms with Crippen LogP contribution in [-0.4, -0.2) is 54.5 Å². The van der Waals surface area contributed by atoms with E-state index in [1.165, 1.54) is 12.1 Å². The van der Waals surface area contributed by atoms with Crippen LogP contribution in [0.25, 0.3) is 0 Å². The Balaban J connectivity index is 0.00000280. The number of rotatable bonds is 3. The van der Waals surface area contributed by atoms with Gasteiger partial charge in [-0.3, -0.25) is 0 Å². The maximum Gasteiger partial charge on any atom is 0.194 e. The van der Waals surface area contributed by atoms with Crippen LogP contribution >= 0.6 is 24.0 Å². The van der Waals surface area contributed by atoms with E-state index in [2.05, 4.69) is 10.3 Å². The second kappa shape index (κ2) is 9.60. The van der Waals surface area contributed by atoms with Crippen LogP contribution < -0.4 is 5.32 Å². The fourth-order valence-electron chi connectivity index (χ4n) is 4.06. The first-order valence-electron chi connectivity index (χ1n) is 9.60. The number of halogens is 2. The summed E-state index contributed by atoms with van der Waals surface area (Å²) >= 11 is 0. The van der Waals surface area contributed by atoms with Gasteiger partial charge in [0.1, 0.15) is 0 Å². The molecule has 1 spiro atoms. The minimum Gasteiger partial charge on any atom is -0.505 e. The molecule has 28 heavy (non-hydrogen) atoms. The molecule has 1 aliphatic heterocycles. The normalized spacial score (nSPS) is 21.2. The summed E-state index contributed by atoms with van der Waals surface area (Å²) < 4.78 is 38.4. The van der Waals surface area contributed by atoms with Gasteiger partial charge in [0.25, 0.3) is 0 Å². The molecule has 0 radical (unpaired) electrons. The summed E-state index contributed by atoms with van der Waals surface area (Å²) in [5.74, 6) is -0.246. The fourth-order valence-corrected chi connectivity index (χ4v) is 6.22. The van der Waals surface area contributed by atoms with Gasteiger partial charge >= 0.3 is 0 Å². The van der Waals surface area contributed by atoms with E-state index in [-0.39, 0.29) is 42.0 Å². The highest BCUT2D eigenvalue weighted by atomic mass is 127. The van der Waals surface area contributed by atoms with Crippen LogP contribution in [0, 0.1) is 5.82 Å². The van der Waals surface area contributed by atoms with E-state index in [1.807, 2.05) is 11.8 Å². The molecule has 0 bridgehead atoms. The van der Waals surface area contributed by atoms with Gasteiger partial charge in [0, 0.05) is 19.6 Å². The SMILES string of the molecule is CCNC(=NCc1ccc(O)c(F)c1)N1CCS(=O)(=O)C2(CCCCC2)C1.I. The van der Waals surface area contributed by atoms with E-state index in [0.29, 0.717) is 44.0 Å². The Labute approximate surface area is 183 Å². The number of benzene rings is 1. The van der Waals surface area contributed by atoms with E-state index in [0.717, 1.165) is 19.3 Å². The lowest BCUT2D eigenvalue weighted by Crippen LogP contribution is -2.60. The maximum absolute atomic E-state index is 13.5. The highest BCUT2D eigenvalue weighted by molar-refractivity contribution is 14.0. The Bertz CT molecular complexity index is 811. The van der Waals surface area contributed by atoms with Crippen LogP contribution in [-0.2, 0) is 16.4 Å². The Morgan fingerprint density at radius 3 is 2.68 bits per heavy atom. The number of nitrogens with zero attached hydrogens (tertiary/aromatic N) is 2. The zero-order chi connectivity index (χ0) is 19.5. The zero-order valence-electron chi connectivity index (χ0n) is 16.2. The molecule has 1 saturated heterocycles. The minimum absolute atomic E-state index is 0. The summed E-state index contributed by atoms with van der Waals surface area (Å²) in [4.78, 5) is 6.63. The summed E-state index contributed by atoms with van der Waals surface area (Å²) in [5, 5.41) is 12.5. The molecule has 0 unspecified atom stereocenters. The molecule has 9 heteroatoms. The minimum atomic E-state index is -3.11. The van der Waals surface area contributed by atoms with Gasteiger partial charge in [-0.1, -0.05) is 25.3 Å². The number of hydrogen-bond acceptors (Lipinski definition) is 4. The van der Waals surface area contributed by atoms with E-state index >= 15 is 0 Å². The predicted octanol–water partition coefficient (Wildman–Crippen LogP) is 3.05. The fraction of sp³-hybridized carbons (Fsp3) is 0.632. The summed E-state index contributed by atoms with van der Waals surface area (Å²) in [7, 11) is -3.11. The van der Waals surface area contributed by atoms with Crippen molar-refractivity contribution in [1.29, 1.82) is 0 Å². The quantitative estimate of drug-likeness (QED) is 0.360. The summed E-state index contributed by atoms with van der Waals surface area (Å²) in [5.41, 5.74) is 0.651. The maximum atomic E-state index is 13.5. The Morgan fingerprint density at radius 1 is 1.32 bits per heavy atom. The van der Waals surface area contributed by atoms with Crippen molar-refractivity contribution in [3.05, 3.63) is 29.6 Å². The van der Waals surface area contributed by atoms with E-state index in [9.17, 15) is 17.9 Å². The van der Waals surface area contributed by atoms with Gasteiger partial charge in [-0.2, -0.15) is 0 Å². The summed E-state index contributed by atoms with van der Waals surface area (Å²) in [6.45, 7) is 3.77. The van der Waals surface area contributed by atoms with Gasteiger partial charge < -0.3 is 15.3 Å². The lowest BCUT2D eigenvalue weighted by Gasteiger charge is -2.45. The van der Waals surface area contributed by atoms with E-state index < -0.39 is 20.4 Å². The molecule has 6 nitrogen and oxygen atoms in total. The molecule has 158 valence electrons. The number of sulfone groups is 1. The summed E-state index contributed by atoms with van der Waals surface area (Å²) in [6.07, 6.45) is 4.43. The van der Waals surface area contributed by atoms with Crippen molar-refractivity contribution in [3.8, 4) is 5.75 Å². The van der Waals surface area contributed by atoms with Crippen LogP contribution in [0.4, 0.5) is 4.39 Å². The topological polar surface area (TPSA) is 82.0 Å². The third-order valence-electron chi connectivity index (χ3n) is 5.59. The van der Waals surface area contributed by atoms with Crippen molar-refractivity contribution in [2.45, 2.75) is 50.3 Å². The van der Waals surface area contributed by atoms with Crippen molar-refractivity contribution < 1.29 is 17.9 Å². The molecule has 1 saturated carbocycles. The van der Waals surface area contributed by atoms with Crippen molar-refractivity contribution in [2.24, 2.45) is 4.99 Å². The standard InChI is InChI=1S/C19H28FN3O3S.HI/c1-2-21-18(22-13-15-6-7-17(24)16(20)12-15)23-10-11-27(25,26)19(14-23)8-4-3-5-9-19;/h6-7,12,24H,2-5,8-11,13-14H2,1H3,(H,21,22);1H. The first-order valence-corrected chi connectivity index (χ1v) is 11.2. The third-order valence-corrected chi connectivity index (χ3v) is 8.17. The van der Waals surface area contributed by atoms with Gasteiger partial charge in [0.15, 0.2) is 27.4 Å². The zero-order valence-corrected chi connectivity index (χ0v) is 19.3. The Kier molecular flexibility index (Phi) is 7.95. The van der Waals surface area contributed by atoms with Crippen LogP contribution in [0.1, 0.15) is 44.6 Å². The largest absolute Gasteiger partial charge is 0.505 e. The molecule has 0 amide bonds. The summed E-state index contributed by atoms with van der Waals surface area (Å²) in [6, 6.07) is 4.22. The molecule has 0 aromatic heterocycles. The monoisotopic (exact) mass is 525 g/mol. The van der Waals surface area contributed by atoms with E-state index in [1.54, 1.807) is 6.07 Å². The molecule has 2 fully saturated rings. The molecule has 3 rings (SSSR count). The second-order valence-corrected chi connectivity index (χ2v) is 9.94. The van der Waals surface area contributed by atoms with E-state index in [4.69, 9.17) is 0 Å². The van der Waals surface area contributed by atoms with Gasteiger partial charge in [-0.05, 0) is 37.5 Å². The van der Waals surface area contributed by atoms with Gasteiger partial charge in [0.2, 0.25) is 0 Å². The van der Waals surface area contributed by atoms with Crippen molar-refractivity contribution in [3.63, 3.8) is 0 Å². The highest BCUT2D eigenvalue weighted by Gasteiger charge is 2.48. The molecule has 1 aliphatic carbocycles. The number of aliphatic imine (C=N–C) groups is 1. The third kappa shape index (κ3) is 4.90. The predicted molar refractivity (Wildman–Crippen MR) is 119 cm³/mol. The average Bonchev–Trinajstić information content (AvgIpc) is 2.65. The van der Waals surface area contributed by atoms with Crippen molar-refractivity contribution in [2.75, 3.05) is 25.4 Å². The molecule has 1 heterocycles. The Hall–Kier alpha value is -1.10. The lowest BCUT2D eigenvalue weighted by atomic mass is 9.87. The van der Waals surface area contributed by atoms with Gasteiger partial charge in [0.05, 0.1) is 17.0 Å². The number of aromatic hydroxyl groups is 1. The molecule has 2 aliphatic rings. The smallest absolute Gasteiger partial charge is 0.194 e.